The van der Waals surface area contributed by atoms with Crippen LogP contribution in [0.25, 0.3) is 0 Å². The summed E-state index contributed by atoms with van der Waals surface area (Å²) >= 11 is 0. The van der Waals surface area contributed by atoms with Crippen LogP contribution in [0.2, 0.25) is 0 Å². The summed E-state index contributed by atoms with van der Waals surface area (Å²) in [5.41, 5.74) is 4.87. The van der Waals surface area contributed by atoms with Crippen LogP contribution >= 0.6 is 0 Å². The third-order valence-electron chi connectivity index (χ3n) is 5.11. The molecule has 0 saturated carbocycles. The van der Waals surface area contributed by atoms with Crippen LogP contribution in [0.3, 0.4) is 0 Å². The van der Waals surface area contributed by atoms with Gasteiger partial charge in [-0.3, -0.25) is 4.79 Å². The molecule has 0 bridgehead atoms. The zero-order valence-corrected chi connectivity index (χ0v) is 17.8. The summed E-state index contributed by atoms with van der Waals surface area (Å²) in [5.74, 6) is -2.33. The van der Waals surface area contributed by atoms with E-state index in [1.54, 1.807) is 31.2 Å². The van der Waals surface area contributed by atoms with Crippen molar-refractivity contribution < 1.29 is 33.3 Å². The molecular weight excluding hydrogens is 404 g/mol. The lowest BCUT2D eigenvalue weighted by Crippen LogP contribution is -2.48. The molecule has 1 atom stereocenters. The van der Waals surface area contributed by atoms with E-state index in [1.165, 1.54) is 7.11 Å². The van der Waals surface area contributed by atoms with Gasteiger partial charge in [-0.15, -0.1) is 0 Å². The molecule has 31 heavy (non-hydrogen) atoms. The fraction of sp³-hybridized carbons (Fsp3) is 0.409. The Bertz CT molecular complexity index is 966. The van der Waals surface area contributed by atoms with E-state index in [9.17, 15) is 14.4 Å². The lowest BCUT2D eigenvalue weighted by molar-refractivity contribution is -0.144. The first-order valence-corrected chi connectivity index (χ1v) is 10.1. The molecule has 9 nitrogen and oxygen atoms in total. The van der Waals surface area contributed by atoms with E-state index >= 15 is 0 Å². The molecule has 3 rings (SSSR count). The van der Waals surface area contributed by atoms with Crippen LogP contribution in [0.15, 0.2) is 47.1 Å². The third-order valence-corrected chi connectivity index (χ3v) is 5.11. The maximum absolute atomic E-state index is 13.5. The number of methoxy groups -OCH3 is 1. The number of carbonyl (C=O) groups excluding carboxylic acids is 3. The van der Waals surface area contributed by atoms with Gasteiger partial charge in [-0.1, -0.05) is 25.1 Å². The first kappa shape index (κ1) is 22.4. The second-order valence-electron chi connectivity index (χ2n) is 6.99. The molecule has 0 fully saturated rings. The van der Waals surface area contributed by atoms with Gasteiger partial charge in [-0.2, -0.15) is 0 Å². The molecule has 1 spiro atoms. The van der Waals surface area contributed by atoms with Crippen LogP contribution in [0.4, 0.5) is 5.69 Å². The molecule has 0 aromatic heterocycles. The fourth-order valence-corrected chi connectivity index (χ4v) is 3.92. The largest absolute Gasteiger partial charge is 0.462 e. The van der Waals surface area contributed by atoms with Crippen LogP contribution < -0.4 is 11.1 Å². The highest BCUT2D eigenvalue weighted by atomic mass is 16.6. The number of rotatable bonds is 8. The summed E-state index contributed by atoms with van der Waals surface area (Å²) in [6, 6.07) is 6.80. The number of hydrogen-bond donors (Lipinski definition) is 2. The lowest BCUT2D eigenvalue weighted by atomic mass is 9.67. The van der Waals surface area contributed by atoms with Gasteiger partial charge in [0, 0.05) is 24.8 Å². The van der Waals surface area contributed by atoms with Crippen molar-refractivity contribution in [2.24, 2.45) is 5.73 Å². The van der Waals surface area contributed by atoms with Crippen LogP contribution in [-0.2, 0) is 38.7 Å². The zero-order valence-electron chi connectivity index (χ0n) is 17.8. The molecule has 9 heteroatoms. The predicted molar refractivity (Wildman–Crippen MR) is 110 cm³/mol. The average Bonchev–Trinajstić information content (AvgIpc) is 3.01. The highest BCUT2D eigenvalue weighted by Crippen LogP contribution is 2.52. The SMILES string of the molecule is CCCC1=C(C(=O)OCC)[C@]2(C(=O)Nc3ccccc32)C(C(=O)OCCOC)=C(N)O1. The van der Waals surface area contributed by atoms with E-state index in [2.05, 4.69) is 5.32 Å². The standard InChI is InChI=1S/C22H26N2O7/c1-4-8-15-16(19(25)29-5-2)22(13-9-6-7-10-14(13)24-21(22)27)17(18(23)31-15)20(26)30-12-11-28-3/h6-7,9-10H,4-5,8,11-12,23H2,1-3H3,(H,24,27)/t22-/m0/s1. The second kappa shape index (κ2) is 9.22. The summed E-state index contributed by atoms with van der Waals surface area (Å²) in [4.78, 5) is 39.8. The Morgan fingerprint density at radius 1 is 1.10 bits per heavy atom. The van der Waals surface area contributed by atoms with Gasteiger partial charge in [0.1, 0.15) is 28.9 Å². The first-order chi connectivity index (χ1) is 14.9. The van der Waals surface area contributed by atoms with E-state index in [-0.39, 0.29) is 42.6 Å². The van der Waals surface area contributed by atoms with Gasteiger partial charge in [-0.25, -0.2) is 9.59 Å². The van der Waals surface area contributed by atoms with Crippen molar-refractivity contribution in [3.8, 4) is 0 Å². The van der Waals surface area contributed by atoms with Crippen molar-refractivity contribution in [2.45, 2.75) is 32.1 Å². The summed E-state index contributed by atoms with van der Waals surface area (Å²) in [7, 11) is 1.46. The monoisotopic (exact) mass is 430 g/mol. The van der Waals surface area contributed by atoms with Crippen LogP contribution in [0.5, 0.6) is 0 Å². The van der Waals surface area contributed by atoms with Crippen LogP contribution in [0, 0.1) is 0 Å². The Balaban J connectivity index is 2.30. The van der Waals surface area contributed by atoms with Crippen LogP contribution in [-0.4, -0.2) is 44.8 Å². The highest BCUT2D eigenvalue weighted by Gasteiger charge is 2.62. The number of fused-ring (bicyclic) bond motifs is 2. The van der Waals surface area contributed by atoms with Crippen molar-refractivity contribution in [3.05, 3.63) is 52.6 Å². The van der Waals surface area contributed by atoms with Crippen molar-refractivity contribution in [1.82, 2.24) is 0 Å². The molecular formula is C22H26N2O7. The highest BCUT2D eigenvalue weighted by molar-refractivity contribution is 6.21. The topological polar surface area (TPSA) is 126 Å². The minimum atomic E-state index is -1.85. The normalized spacial score (nSPS) is 19.8. The minimum Gasteiger partial charge on any atom is -0.462 e. The molecule has 1 aromatic carbocycles. The number of allylic oxidation sites excluding steroid dienone is 1. The summed E-state index contributed by atoms with van der Waals surface area (Å²) < 4.78 is 21.2. The minimum absolute atomic E-state index is 0.0634. The number of benzene rings is 1. The number of amides is 1. The van der Waals surface area contributed by atoms with Crippen molar-refractivity contribution in [1.29, 1.82) is 0 Å². The molecule has 0 unspecified atom stereocenters. The number of anilines is 1. The van der Waals surface area contributed by atoms with Gasteiger partial charge in [-0.05, 0) is 19.4 Å². The van der Waals surface area contributed by atoms with E-state index in [0.29, 0.717) is 24.1 Å². The zero-order chi connectivity index (χ0) is 22.6. The Kier molecular flexibility index (Phi) is 6.65. The molecule has 3 N–H and O–H groups in total. The summed E-state index contributed by atoms with van der Waals surface area (Å²) in [6.07, 6.45) is 0.927. The number of esters is 2. The van der Waals surface area contributed by atoms with Gasteiger partial charge in [0.2, 0.25) is 11.8 Å². The average molecular weight is 430 g/mol. The molecule has 166 valence electrons. The Morgan fingerprint density at radius 3 is 2.48 bits per heavy atom. The maximum Gasteiger partial charge on any atom is 0.341 e. The number of hydrogen-bond acceptors (Lipinski definition) is 8. The van der Waals surface area contributed by atoms with Gasteiger partial charge < -0.3 is 30.0 Å². The number of nitrogens with two attached hydrogens (primary N) is 1. The molecule has 2 heterocycles. The van der Waals surface area contributed by atoms with Crippen molar-refractivity contribution in [2.75, 3.05) is 32.2 Å². The van der Waals surface area contributed by atoms with Gasteiger partial charge in [0.25, 0.3) is 0 Å². The van der Waals surface area contributed by atoms with E-state index < -0.39 is 23.3 Å². The predicted octanol–water partition coefficient (Wildman–Crippen LogP) is 1.88. The molecule has 0 aliphatic carbocycles. The van der Waals surface area contributed by atoms with Crippen molar-refractivity contribution >= 4 is 23.5 Å². The van der Waals surface area contributed by atoms with E-state index in [1.807, 2.05) is 6.92 Å². The third kappa shape index (κ3) is 3.65. The summed E-state index contributed by atoms with van der Waals surface area (Å²) in [6.45, 7) is 3.71. The maximum atomic E-state index is 13.5. The first-order valence-electron chi connectivity index (χ1n) is 10.1. The van der Waals surface area contributed by atoms with Crippen molar-refractivity contribution in [3.63, 3.8) is 0 Å². The molecule has 2 aliphatic heterocycles. The second-order valence-corrected chi connectivity index (χ2v) is 6.99. The number of carbonyl (C=O) groups is 3. The summed E-state index contributed by atoms with van der Waals surface area (Å²) in [5, 5.41) is 2.76. The molecule has 2 aliphatic rings. The molecule has 1 aromatic rings. The number of para-hydroxylation sites is 1. The van der Waals surface area contributed by atoms with Gasteiger partial charge in [0.05, 0.1) is 13.2 Å². The smallest absolute Gasteiger partial charge is 0.341 e. The fourth-order valence-electron chi connectivity index (χ4n) is 3.92. The van der Waals surface area contributed by atoms with E-state index in [4.69, 9.17) is 24.7 Å². The quantitative estimate of drug-likeness (QED) is 0.473. The number of ether oxygens (including phenoxy) is 4. The molecule has 0 saturated heterocycles. The van der Waals surface area contributed by atoms with E-state index in [0.717, 1.165) is 0 Å². The Morgan fingerprint density at radius 2 is 1.81 bits per heavy atom. The molecule has 1 amide bonds. The lowest BCUT2D eigenvalue weighted by Gasteiger charge is -2.36. The van der Waals surface area contributed by atoms with Gasteiger partial charge in [0.15, 0.2) is 0 Å². The Labute approximate surface area is 180 Å². The number of nitrogens with one attached hydrogen (secondary N) is 1. The Hall–Kier alpha value is -3.33. The van der Waals surface area contributed by atoms with Crippen LogP contribution in [0.1, 0.15) is 32.3 Å². The molecule has 0 radical (unpaired) electrons. The van der Waals surface area contributed by atoms with Gasteiger partial charge >= 0.3 is 11.9 Å².